The van der Waals surface area contributed by atoms with Gasteiger partial charge in [-0.05, 0) is 56.9 Å². The molecule has 6 rings (SSSR count). The van der Waals surface area contributed by atoms with Gasteiger partial charge in [-0.2, -0.15) is 0 Å². The summed E-state index contributed by atoms with van der Waals surface area (Å²) in [6.45, 7) is 0. The molecule has 0 N–H and O–H groups in total. The van der Waals surface area contributed by atoms with E-state index in [0.717, 1.165) is 11.2 Å². The van der Waals surface area contributed by atoms with E-state index in [0.29, 0.717) is 0 Å². The van der Waals surface area contributed by atoms with Crippen LogP contribution in [0.2, 0.25) is 0 Å². The fraction of sp³-hybridized carbons (Fsp3) is 0. The molecule has 126 valence electrons. The first kappa shape index (κ1) is 14.6. The molecule has 0 aliphatic carbocycles. The van der Waals surface area contributed by atoms with Crippen LogP contribution in [0.25, 0.3) is 54.6 Å². The minimum absolute atomic E-state index is 0.935. The second-order valence-electron chi connectivity index (χ2n) is 7.00. The number of hydrogen-bond acceptors (Lipinski definition) is 1. The van der Waals surface area contributed by atoms with Crippen LogP contribution in [0.15, 0.2) is 101 Å². The minimum atomic E-state index is 0.935. The van der Waals surface area contributed by atoms with Crippen molar-refractivity contribution in [1.29, 1.82) is 0 Å². The lowest BCUT2D eigenvalue weighted by molar-refractivity contribution is 0.669. The monoisotopic (exact) mass is 344 g/mol. The Balaban J connectivity index is 1.72. The van der Waals surface area contributed by atoms with Gasteiger partial charge in [-0.25, -0.2) is 0 Å². The molecule has 0 amide bonds. The van der Waals surface area contributed by atoms with Crippen molar-refractivity contribution in [2.75, 3.05) is 0 Å². The third-order valence-corrected chi connectivity index (χ3v) is 5.46. The summed E-state index contributed by atoms with van der Waals surface area (Å²) in [5.41, 5.74) is 4.35. The molecule has 0 bridgehead atoms. The van der Waals surface area contributed by atoms with E-state index in [2.05, 4.69) is 84.9 Å². The van der Waals surface area contributed by atoms with Crippen LogP contribution in [-0.2, 0) is 0 Å². The van der Waals surface area contributed by atoms with Crippen molar-refractivity contribution in [2.24, 2.45) is 0 Å². The molecule has 6 aromatic rings. The predicted octanol–water partition coefficient (Wildman–Crippen LogP) is 7.56. The van der Waals surface area contributed by atoms with E-state index < -0.39 is 0 Å². The second-order valence-corrected chi connectivity index (χ2v) is 7.00. The summed E-state index contributed by atoms with van der Waals surface area (Å²) in [5.74, 6) is 0. The summed E-state index contributed by atoms with van der Waals surface area (Å²) in [6, 6.07) is 34.3. The molecule has 0 aliphatic heterocycles. The maximum Gasteiger partial charge on any atom is 0.135 e. The molecule has 1 heterocycles. The Morgan fingerprint density at radius 1 is 0.444 bits per heavy atom. The lowest BCUT2D eigenvalue weighted by Gasteiger charge is -2.11. The van der Waals surface area contributed by atoms with Crippen molar-refractivity contribution in [1.82, 2.24) is 0 Å². The van der Waals surface area contributed by atoms with Crippen molar-refractivity contribution < 1.29 is 4.42 Å². The first-order chi connectivity index (χ1) is 13.4. The van der Waals surface area contributed by atoms with Crippen LogP contribution in [0.1, 0.15) is 0 Å². The summed E-state index contributed by atoms with van der Waals surface area (Å²) in [4.78, 5) is 0. The third kappa shape index (κ3) is 2.12. The van der Waals surface area contributed by atoms with Gasteiger partial charge in [-0.15, -0.1) is 0 Å². The quantitative estimate of drug-likeness (QED) is 0.280. The van der Waals surface area contributed by atoms with Gasteiger partial charge >= 0.3 is 0 Å². The van der Waals surface area contributed by atoms with E-state index in [1.165, 1.54) is 43.4 Å². The van der Waals surface area contributed by atoms with Gasteiger partial charge in [-0.1, -0.05) is 72.8 Å². The van der Waals surface area contributed by atoms with E-state index in [1.54, 1.807) is 0 Å². The van der Waals surface area contributed by atoms with Crippen LogP contribution >= 0.6 is 0 Å². The molecule has 0 atom stereocenters. The molecule has 0 spiro atoms. The van der Waals surface area contributed by atoms with Crippen LogP contribution in [0.5, 0.6) is 0 Å². The maximum absolute atomic E-state index is 6.00. The van der Waals surface area contributed by atoms with Gasteiger partial charge in [0.05, 0.1) is 0 Å². The van der Waals surface area contributed by atoms with E-state index in [4.69, 9.17) is 4.42 Å². The predicted molar refractivity (Wildman–Crippen MR) is 114 cm³/mol. The largest absolute Gasteiger partial charge is 0.456 e. The highest BCUT2D eigenvalue weighted by molar-refractivity contribution is 6.15. The SMILES string of the molecule is c1ccc2c(c1)cc(-c1ccc3oc4ccccc4c3c1)c1ccccc12. The molecular weight excluding hydrogens is 328 g/mol. The number of rotatable bonds is 1. The van der Waals surface area contributed by atoms with Crippen LogP contribution < -0.4 is 0 Å². The van der Waals surface area contributed by atoms with Crippen LogP contribution in [-0.4, -0.2) is 0 Å². The molecule has 0 saturated heterocycles. The van der Waals surface area contributed by atoms with Gasteiger partial charge in [0.25, 0.3) is 0 Å². The highest BCUT2D eigenvalue weighted by Crippen LogP contribution is 2.37. The normalized spacial score (nSPS) is 11.7. The molecule has 1 nitrogen and oxygen atoms in total. The fourth-order valence-corrected chi connectivity index (χ4v) is 4.19. The van der Waals surface area contributed by atoms with Gasteiger partial charge in [0.1, 0.15) is 11.2 Å². The van der Waals surface area contributed by atoms with E-state index in [1.807, 2.05) is 12.1 Å². The van der Waals surface area contributed by atoms with Crippen molar-refractivity contribution in [3.8, 4) is 11.1 Å². The van der Waals surface area contributed by atoms with Gasteiger partial charge < -0.3 is 4.42 Å². The molecule has 0 fully saturated rings. The Morgan fingerprint density at radius 2 is 1.11 bits per heavy atom. The second kappa shape index (κ2) is 5.46. The molecule has 1 aromatic heterocycles. The molecule has 27 heavy (non-hydrogen) atoms. The van der Waals surface area contributed by atoms with Gasteiger partial charge in [0.2, 0.25) is 0 Å². The maximum atomic E-state index is 6.00. The van der Waals surface area contributed by atoms with E-state index in [9.17, 15) is 0 Å². The van der Waals surface area contributed by atoms with Crippen molar-refractivity contribution >= 4 is 43.5 Å². The average molecular weight is 344 g/mol. The number of hydrogen-bond donors (Lipinski definition) is 0. The molecule has 5 aromatic carbocycles. The Hall–Kier alpha value is -3.58. The van der Waals surface area contributed by atoms with E-state index in [-0.39, 0.29) is 0 Å². The summed E-state index contributed by atoms with van der Waals surface area (Å²) >= 11 is 0. The Labute approximate surface area is 156 Å². The molecular formula is C26H16O. The summed E-state index contributed by atoms with van der Waals surface area (Å²) in [7, 11) is 0. The first-order valence-corrected chi connectivity index (χ1v) is 9.21. The molecule has 1 heteroatoms. The summed E-state index contributed by atoms with van der Waals surface area (Å²) < 4.78 is 6.00. The fourth-order valence-electron chi connectivity index (χ4n) is 4.19. The number of benzene rings is 5. The van der Waals surface area contributed by atoms with Crippen molar-refractivity contribution in [2.45, 2.75) is 0 Å². The highest BCUT2D eigenvalue weighted by atomic mass is 16.3. The molecule has 0 aliphatic rings. The van der Waals surface area contributed by atoms with E-state index >= 15 is 0 Å². The smallest absolute Gasteiger partial charge is 0.135 e. The molecule has 0 radical (unpaired) electrons. The number of furan rings is 1. The Morgan fingerprint density at radius 3 is 2.00 bits per heavy atom. The lowest BCUT2D eigenvalue weighted by atomic mass is 9.93. The van der Waals surface area contributed by atoms with Crippen LogP contribution in [0.3, 0.4) is 0 Å². The first-order valence-electron chi connectivity index (χ1n) is 9.21. The van der Waals surface area contributed by atoms with Gasteiger partial charge in [0, 0.05) is 10.8 Å². The third-order valence-electron chi connectivity index (χ3n) is 5.46. The summed E-state index contributed by atoms with van der Waals surface area (Å²) in [6.07, 6.45) is 0. The lowest BCUT2D eigenvalue weighted by Crippen LogP contribution is -1.84. The van der Waals surface area contributed by atoms with Gasteiger partial charge in [0.15, 0.2) is 0 Å². The molecule has 0 saturated carbocycles. The highest BCUT2D eigenvalue weighted by Gasteiger charge is 2.11. The zero-order chi connectivity index (χ0) is 17.8. The average Bonchev–Trinajstić information content (AvgIpc) is 3.11. The van der Waals surface area contributed by atoms with Crippen molar-refractivity contribution in [3.63, 3.8) is 0 Å². The topological polar surface area (TPSA) is 13.1 Å². The zero-order valence-corrected chi connectivity index (χ0v) is 14.6. The Bertz CT molecular complexity index is 1470. The molecule has 0 unspecified atom stereocenters. The minimum Gasteiger partial charge on any atom is -0.456 e. The van der Waals surface area contributed by atoms with Crippen LogP contribution in [0, 0.1) is 0 Å². The van der Waals surface area contributed by atoms with Crippen molar-refractivity contribution in [3.05, 3.63) is 97.1 Å². The van der Waals surface area contributed by atoms with Gasteiger partial charge in [-0.3, -0.25) is 0 Å². The number of para-hydroxylation sites is 1. The number of fused-ring (bicyclic) bond motifs is 6. The summed E-state index contributed by atoms with van der Waals surface area (Å²) in [5, 5.41) is 7.47. The van der Waals surface area contributed by atoms with Crippen LogP contribution in [0.4, 0.5) is 0 Å². The standard InChI is InChI=1S/C26H16O/c1-2-8-19-17(7-1)15-23(21-10-4-3-9-20(19)21)18-13-14-26-24(16-18)22-11-5-6-12-25(22)27-26/h1-16H. The zero-order valence-electron chi connectivity index (χ0n) is 14.6. The Kier molecular flexibility index (Phi) is 2.95.